The number of hydrogen-bond acceptors (Lipinski definition) is 4. The van der Waals surface area contributed by atoms with Gasteiger partial charge in [-0.25, -0.2) is 9.97 Å². The van der Waals surface area contributed by atoms with E-state index in [1.165, 1.54) is 0 Å². The molecule has 5 nitrogen and oxygen atoms in total. The molecular weight excluding hydrogens is 344 g/mol. The van der Waals surface area contributed by atoms with Gasteiger partial charge in [-0.1, -0.05) is 29.8 Å². The van der Waals surface area contributed by atoms with Crippen molar-refractivity contribution in [2.24, 2.45) is 11.1 Å². The molecule has 6 heteroatoms. The fraction of sp³-hybridized carbons (Fsp3) is 0.438. The van der Waals surface area contributed by atoms with Gasteiger partial charge >= 0.3 is 0 Å². The van der Waals surface area contributed by atoms with Crippen LogP contribution in [0.2, 0.25) is 0 Å². The summed E-state index contributed by atoms with van der Waals surface area (Å²) in [6.07, 6.45) is 2.86. The molecule has 0 saturated carbocycles. The number of rotatable bonds is 3. The summed E-state index contributed by atoms with van der Waals surface area (Å²) in [6.45, 7) is 5.27. The van der Waals surface area contributed by atoms with Crippen LogP contribution in [0.25, 0.3) is 10.9 Å². The van der Waals surface area contributed by atoms with E-state index in [0.29, 0.717) is 6.42 Å². The van der Waals surface area contributed by atoms with Gasteiger partial charge in [0.15, 0.2) is 0 Å². The van der Waals surface area contributed by atoms with E-state index in [2.05, 4.69) is 44.6 Å². The van der Waals surface area contributed by atoms with E-state index >= 15 is 0 Å². The number of carbonyl (C=O) groups is 1. The summed E-state index contributed by atoms with van der Waals surface area (Å²) in [5, 5.41) is 0.990. The minimum absolute atomic E-state index is 0.0876. The number of amides is 1. The van der Waals surface area contributed by atoms with Crippen LogP contribution >= 0.6 is 15.9 Å². The molecule has 0 aliphatic carbocycles. The molecular formula is C16H19BrN4O. The highest BCUT2D eigenvalue weighted by Crippen LogP contribution is 2.39. The smallest absolute Gasteiger partial charge is 0.219 e. The number of aromatic nitrogens is 2. The molecule has 1 aliphatic rings. The Morgan fingerprint density at radius 3 is 2.95 bits per heavy atom. The van der Waals surface area contributed by atoms with E-state index in [1.807, 2.05) is 18.2 Å². The number of halogens is 1. The number of primary amides is 1. The van der Waals surface area contributed by atoms with Crippen molar-refractivity contribution in [2.45, 2.75) is 32.7 Å². The third-order valence-corrected chi connectivity index (χ3v) is 4.61. The average molecular weight is 363 g/mol. The molecule has 0 bridgehead atoms. The summed E-state index contributed by atoms with van der Waals surface area (Å²) in [6, 6.07) is 6.05. The van der Waals surface area contributed by atoms with Crippen LogP contribution in [0.3, 0.4) is 0 Å². The quantitative estimate of drug-likeness (QED) is 0.910. The van der Waals surface area contributed by atoms with Gasteiger partial charge in [0.1, 0.15) is 12.1 Å². The molecule has 1 aromatic carbocycles. The van der Waals surface area contributed by atoms with E-state index in [0.717, 1.165) is 34.2 Å². The second-order valence-electron chi connectivity index (χ2n) is 6.68. The van der Waals surface area contributed by atoms with Crippen LogP contribution in [0.5, 0.6) is 0 Å². The van der Waals surface area contributed by atoms with Crippen molar-refractivity contribution < 1.29 is 4.79 Å². The summed E-state index contributed by atoms with van der Waals surface area (Å²) in [7, 11) is 0. The first-order chi connectivity index (χ1) is 10.4. The Morgan fingerprint density at radius 2 is 2.23 bits per heavy atom. The summed E-state index contributed by atoms with van der Waals surface area (Å²) in [5.41, 5.74) is 6.46. The van der Waals surface area contributed by atoms with E-state index in [1.54, 1.807) is 6.33 Å². The maximum Gasteiger partial charge on any atom is 0.219 e. The van der Waals surface area contributed by atoms with Gasteiger partial charge in [0.25, 0.3) is 0 Å². The Balaban J connectivity index is 2.08. The van der Waals surface area contributed by atoms with Crippen molar-refractivity contribution in [2.75, 3.05) is 11.4 Å². The second kappa shape index (κ2) is 5.50. The molecule has 3 rings (SSSR count). The minimum atomic E-state index is -0.271. The molecule has 1 fully saturated rings. The maximum absolute atomic E-state index is 11.4. The summed E-state index contributed by atoms with van der Waals surface area (Å²) in [5.74, 6) is 0.607. The van der Waals surface area contributed by atoms with Crippen LogP contribution in [0.1, 0.15) is 26.7 Å². The zero-order valence-electron chi connectivity index (χ0n) is 12.7. The molecule has 2 N–H and O–H groups in total. The van der Waals surface area contributed by atoms with Gasteiger partial charge in [0.2, 0.25) is 5.91 Å². The van der Waals surface area contributed by atoms with Gasteiger partial charge in [0.05, 0.1) is 5.52 Å². The molecule has 0 radical (unpaired) electrons. The van der Waals surface area contributed by atoms with E-state index in [-0.39, 0.29) is 17.4 Å². The van der Waals surface area contributed by atoms with Crippen molar-refractivity contribution in [3.8, 4) is 0 Å². The molecule has 1 unspecified atom stereocenters. The van der Waals surface area contributed by atoms with Crippen LogP contribution in [-0.2, 0) is 4.79 Å². The predicted molar refractivity (Wildman–Crippen MR) is 90.6 cm³/mol. The van der Waals surface area contributed by atoms with Crippen molar-refractivity contribution in [3.05, 3.63) is 29.0 Å². The molecule has 1 aliphatic heterocycles. The van der Waals surface area contributed by atoms with Crippen LogP contribution in [0.4, 0.5) is 5.82 Å². The molecule has 22 heavy (non-hydrogen) atoms. The molecule has 1 amide bonds. The Hall–Kier alpha value is -1.69. The van der Waals surface area contributed by atoms with Crippen molar-refractivity contribution in [3.63, 3.8) is 0 Å². The molecule has 1 saturated heterocycles. The predicted octanol–water partition coefficient (Wildman–Crippen LogP) is 2.87. The molecule has 2 aromatic rings. The van der Waals surface area contributed by atoms with Gasteiger partial charge in [-0.2, -0.15) is 0 Å². The fourth-order valence-corrected chi connectivity index (χ4v) is 3.67. The first kappa shape index (κ1) is 15.2. The highest BCUT2D eigenvalue weighted by atomic mass is 79.9. The van der Waals surface area contributed by atoms with Gasteiger partial charge in [-0.05, 0) is 30.0 Å². The Kier molecular flexibility index (Phi) is 3.80. The molecule has 2 heterocycles. The lowest BCUT2D eigenvalue weighted by Gasteiger charge is -2.26. The number of carbonyl (C=O) groups excluding carboxylic acids is 1. The number of hydrogen-bond donors (Lipinski definition) is 1. The summed E-state index contributed by atoms with van der Waals surface area (Å²) >= 11 is 3.50. The largest absolute Gasteiger partial charge is 0.370 e. The molecule has 1 atom stereocenters. The third kappa shape index (κ3) is 2.92. The summed E-state index contributed by atoms with van der Waals surface area (Å²) in [4.78, 5) is 22.4. The Labute approximate surface area is 138 Å². The standard InChI is InChI=1S/C16H19BrN4O/c1-16(2)7-11(6-14(18)22)21(8-16)15-12-5-10(17)3-4-13(12)19-9-20-15/h3-5,9,11H,6-8H2,1-2H3,(H2,18,22). The van der Waals surface area contributed by atoms with Crippen molar-refractivity contribution in [1.82, 2.24) is 9.97 Å². The molecule has 1 aromatic heterocycles. The van der Waals surface area contributed by atoms with E-state index in [9.17, 15) is 4.79 Å². The maximum atomic E-state index is 11.4. The Bertz CT molecular complexity index is 731. The van der Waals surface area contributed by atoms with Crippen LogP contribution in [0, 0.1) is 5.41 Å². The number of nitrogens with zero attached hydrogens (tertiary/aromatic N) is 3. The number of nitrogens with two attached hydrogens (primary N) is 1. The molecule has 116 valence electrons. The normalized spacial score (nSPS) is 20.5. The summed E-state index contributed by atoms with van der Waals surface area (Å²) < 4.78 is 0.987. The van der Waals surface area contributed by atoms with Gasteiger partial charge < -0.3 is 10.6 Å². The SMILES string of the molecule is CC1(C)CC(CC(N)=O)N(c2ncnc3ccc(Br)cc23)C1. The first-order valence-corrected chi connectivity index (χ1v) is 8.10. The van der Waals surface area contributed by atoms with Crippen molar-refractivity contribution >= 4 is 38.6 Å². The van der Waals surface area contributed by atoms with Crippen molar-refractivity contribution in [1.29, 1.82) is 0 Å². The Morgan fingerprint density at radius 1 is 1.45 bits per heavy atom. The zero-order valence-corrected chi connectivity index (χ0v) is 14.3. The fourth-order valence-electron chi connectivity index (χ4n) is 3.31. The van der Waals surface area contributed by atoms with E-state index < -0.39 is 0 Å². The lowest BCUT2D eigenvalue weighted by molar-refractivity contribution is -0.118. The lowest BCUT2D eigenvalue weighted by Crippen LogP contribution is -2.34. The second-order valence-corrected chi connectivity index (χ2v) is 7.59. The topological polar surface area (TPSA) is 72.1 Å². The highest BCUT2D eigenvalue weighted by Gasteiger charge is 2.39. The van der Waals surface area contributed by atoms with E-state index in [4.69, 9.17) is 5.73 Å². The monoisotopic (exact) mass is 362 g/mol. The number of benzene rings is 1. The molecule has 0 spiro atoms. The minimum Gasteiger partial charge on any atom is -0.370 e. The van der Waals surface area contributed by atoms with Crippen LogP contribution < -0.4 is 10.6 Å². The van der Waals surface area contributed by atoms with Gasteiger partial charge in [0, 0.05) is 28.9 Å². The van der Waals surface area contributed by atoms with Crippen LogP contribution in [0.15, 0.2) is 29.0 Å². The third-order valence-electron chi connectivity index (χ3n) is 4.11. The first-order valence-electron chi connectivity index (χ1n) is 7.31. The number of anilines is 1. The van der Waals surface area contributed by atoms with Crippen LogP contribution in [-0.4, -0.2) is 28.5 Å². The number of fused-ring (bicyclic) bond motifs is 1. The van der Waals surface area contributed by atoms with Gasteiger partial charge in [-0.3, -0.25) is 4.79 Å². The average Bonchev–Trinajstić information content (AvgIpc) is 2.72. The lowest BCUT2D eigenvalue weighted by atomic mass is 9.90. The zero-order chi connectivity index (χ0) is 15.9. The highest BCUT2D eigenvalue weighted by molar-refractivity contribution is 9.10. The van der Waals surface area contributed by atoms with Gasteiger partial charge in [-0.15, -0.1) is 0 Å².